The molecule has 2 saturated heterocycles. The number of rotatable bonds is 5. The molecular formula is C23H26N2O2. The molecule has 4 heteroatoms. The summed E-state index contributed by atoms with van der Waals surface area (Å²) in [6.07, 6.45) is 4.10. The second-order valence-electron chi connectivity index (χ2n) is 7.47. The number of fused-ring (bicyclic) bond motifs is 1. The van der Waals surface area contributed by atoms with Crippen LogP contribution in [0, 0.1) is 0 Å². The molecule has 2 fully saturated rings. The zero-order valence-electron chi connectivity index (χ0n) is 15.7. The molecule has 0 radical (unpaired) electrons. The molecule has 4 nitrogen and oxygen atoms in total. The summed E-state index contributed by atoms with van der Waals surface area (Å²) < 4.78 is 0. The summed E-state index contributed by atoms with van der Waals surface area (Å²) in [7, 11) is 0. The van der Waals surface area contributed by atoms with E-state index in [4.69, 9.17) is 0 Å². The quantitative estimate of drug-likeness (QED) is 0.889. The molecule has 0 aromatic heterocycles. The van der Waals surface area contributed by atoms with Gasteiger partial charge in [0.15, 0.2) is 0 Å². The molecule has 0 unspecified atom stereocenters. The Morgan fingerprint density at radius 3 is 2.52 bits per heavy atom. The van der Waals surface area contributed by atoms with E-state index in [1.165, 1.54) is 16.7 Å². The maximum absolute atomic E-state index is 12.7. The van der Waals surface area contributed by atoms with E-state index in [1.807, 2.05) is 36.1 Å². The van der Waals surface area contributed by atoms with Crippen molar-refractivity contribution >= 4 is 12.0 Å². The Hall–Kier alpha value is -2.43. The van der Waals surface area contributed by atoms with E-state index in [9.17, 15) is 9.90 Å². The lowest BCUT2D eigenvalue weighted by molar-refractivity contribution is -0.162. The zero-order chi connectivity index (χ0) is 18.8. The summed E-state index contributed by atoms with van der Waals surface area (Å²) in [6, 6.07) is 18.8. The molecule has 2 heterocycles. The number of nitrogens with zero attached hydrogens (tertiary/aromatic N) is 2. The molecule has 2 aromatic rings. The second kappa shape index (κ2) is 7.67. The van der Waals surface area contributed by atoms with E-state index < -0.39 is 0 Å². The average Bonchev–Trinajstić information content (AvgIpc) is 2.66. The molecule has 2 aliphatic rings. The smallest absolute Gasteiger partial charge is 0.237 e. The molecule has 2 aromatic carbocycles. The summed E-state index contributed by atoms with van der Waals surface area (Å²) in [4.78, 5) is 16.8. The Labute approximate surface area is 160 Å². The van der Waals surface area contributed by atoms with Gasteiger partial charge in [0.1, 0.15) is 0 Å². The lowest BCUT2D eigenvalue weighted by Gasteiger charge is -2.59. The van der Waals surface area contributed by atoms with Crippen molar-refractivity contribution in [3.8, 4) is 0 Å². The highest BCUT2D eigenvalue weighted by Gasteiger charge is 2.53. The number of piperazine rings is 1. The van der Waals surface area contributed by atoms with E-state index >= 15 is 0 Å². The molecule has 140 valence electrons. The molecule has 4 rings (SSSR count). The lowest BCUT2D eigenvalue weighted by Crippen LogP contribution is -2.72. The Kier molecular flexibility index (Phi) is 5.10. The second-order valence-corrected chi connectivity index (χ2v) is 7.47. The highest BCUT2D eigenvalue weighted by Crippen LogP contribution is 2.43. The van der Waals surface area contributed by atoms with Gasteiger partial charge in [-0.2, -0.15) is 0 Å². The van der Waals surface area contributed by atoms with Crippen LogP contribution in [0.25, 0.3) is 6.08 Å². The van der Waals surface area contributed by atoms with Crippen molar-refractivity contribution in [1.82, 2.24) is 9.80 Å². The fraction of sp³-hybridized carbons (Fsp3) is 0.348. The maximum atomic E-state index is 12.7. The number of hydrogen-bond acceptors (Lipinski definition) is 3. The molecule has 27 heavy (non-hydrogen) atoms. The first-order valence-corrected chi connectivity index (χ1v) is 9.62. The number of allylic oxidation sites excluding steroid dienone is 1. The number of carbonyl (C=O) groups excluding carboxylic acids is 1. The highest BCUT2D eigenvalue weighted by molar-refractivity contribution is 5.81. The van der Waals surface area contributed by atoms with Crippen LogP contribution >= 0.6 is 0 Å². The van der Waals surface area contributed by atoms with Crippen LogP contribution in [0.2, 0.25) is 0 Å². The van der Waals surface area contributed by atoms with Crippen molar-refractivity contribution < 1.29 is 9.90 Å². The topological polar surface area (TPSA) is 43.8 Å². The van der Waals surface area contributed by atoms with Crippen molar-refractivity contribution in [3.63, 3.8) is 0 Å². The van der Waals surface area contributed by atoms with Crippen molar-refractivity contribution in [2.75, 3.05) is 19.7 Å². The fourth-order valence-corrected chi connectivity index (χ4v) is 4.55. The van der Waals surface area contributed by atoms with Crippen LogP contribution in [0.5, 0.6) is 0 Å². The van der Waals surface area contributed by atoms with Gasteiger partial charge in [0.2, 0.25) is 5.91 Å². The predicted molar refractivity (Wildman–Crippen MR) is 107 cm³/mol. The van der Waals surface area contributed by atoms with Gasteiger partial charge in [-0.15, -0.1) is 0 Å². The Bertz CT molecular complexity index is 816. The minimum Gasteiger partial charge on any atom is -0.394 e. The van der Waals surface area contributed by atoms with Gasteiger partial charge in [0, 0.05) is 19.0 Å². The molecule has 0 saturated carbocycles. The zero-order valence-corrected chi connectivity index (χ0v) is 15.7. The van der Waals surface area contributed by atoms with Crippen LogP contribution in [-0.2, 0) is 11.3 Å². The van der Waals surface area contributed by atoms with Crippen LogP contribution in [-0.4, -0.2) is 52.6 Å². The van der Waals surface area contributed by atoms with Gasteiger partial charge in [0.25, 0.3) is 0 Å². The van der Waals surface area contributed by atoms with Gasteiger partial charge in [-0.3, -0.25) is 9.69 Å². The summed E-state index contributed by atoms with van der Waals surface area (Å²) in [6.45, 7) is 4.08. The fourth-order valence-electron chi connectivity index (χ4n) is 4.55. The van der Waals surface area contributed by atoms with Crippen LogP contribution in [0.15, 0.2) is 60.7 Å². The third-order valence-corrected chi connectivity index (χ3v) is 5.75. The van der Waals surface area contributed by atoms with E-state index in [0.717, 1.165) is 13.1 Å². The Morgan fingerprint density at radius 2 is 1.85 bits per heavy atom. The van der Waals surface area contributed by atoms with Crippen LogP contribution < -0.4 is 0 Å². The number of amides is 1. The van der Waals surface area contributed by atoms with Crippen LogP contribution in [0.4, 0.5) is 0 Å². The molecule has 2 aliphatic heterocycles. The third kappa shape index (κ3) is 3.43. The SMILES string of the molecule is C/C=C/c1ccc([C@@H]2[C@@H](CO)N3C(=O)CN(Cc4ccccc4)C[C@@H]23)cc1. The van der Waals surface area contributed by atoms with E-state index in [-0.39, 0.29) is 30.5 Å². The van der Waals surface area contributed by atoms with Gasteiger partial charge >= 0.3 is 0 Å². The molecular weight excluding hydrogens is 336 g/mol. The first-order chi connectivity index (χ1) is 13.2. The maximum Gasteiger partial charge on any atom is 0.237 e. The third-order valence-electron chi connectivity index (χ3n) is 5.75. The number of carbonyl (C=O) groups is 1. The molecule has 0 aliphatic carbocycles. The van der Waals surface area contributed by atoms with Gasteiger partial charge in [-0.1, -0.05) is 66.7 Å². The Balaban J connectivity index is 1.53. The first kappa shape index (κ1) is 18.0. The van der Waals surface area contributed by atoms with Crippen LogP contribution in [0.3, 0.4) is 0 Å². The molecule has 3 atom stereocenters. The number of benzene rings is 2. The van der Waals surface area contributed by atoms with Crippen molar-refractivity contribution in [1.29, 1.82) is 0 Å². The highest BCUT2D eigenvalue weighted by atomic mass is 16.3. The summed E-state index contributed by atoms with van der Waals surface area (Å²) in [5, 5.41) is 9.90. The normalized spacial score (nSPS) is 25.5. The number of aliphatic hydroxyl groups excluding tert-OH is 1. The van der Waals surface area contributed by atoms with Crippen molar-refractivity contribution in [3.05, 3.63) is 77.4 Å². The van der Waals surface area contributed by atoms with E-state index in [0.29, 0.717) is 6.54 Å². The first-order valence-electron chi connectivity index (χ1n) is 9.62. The Morgan fingerprint density at radius 1 is 1.11 bits per heavy atom. The van der Waals surface area contributed by atoms with Gasteiger partial charge in [-0.25, -0.2) is 0 Å². The van der Waals surface area contributed by atoms with Crippen molar-refractivity contribution in [2.45, 2.75) is 31.5 Å². The van der Waals surface area contributed by atoms with E-state index in [2.05, 4.69) is 47.4 Å². The lowest BCUT2D eigenvalue weighted by atomic mass is 9.73. The van der Waals surface area contributed by atoms with Crippen LogP contribution in [0.1, 0.15) is 29.5 Å². The molecule has 0 bridgehead atoms. The molecule has 1 amide bonds. The molecule has 0 spiro atoms. The van der Waals surface area contributed by atoms with Gasteiger partial charge in [-0.05, 0) is 23.6 Å². The summed E-state index contributed by atoms with van der Waals surface area (Å²) >= 11 is 0. The number of hydrogen-bond donors (Lipinski definition) is 1. The standard InChI is InChI=1S/C23H26N2O2/c1-2-6-17-9-11-19(12-10-17)23-20-14-24(13-18-7-4-3-5-8-18)15-22(27)25(20)21(23)16-26/h2-12,20-21,23,26H,13-16H2,1H3/b6-2+/t20-,21+,23-/m0/s1. The predicted octanol–water partition coefficient (Wildman–Crippen LogP) is 2.89. The summed E-state index contributed by atoms with van der Waals surface area (Å²) in [5.74, 6) is 0.320. The minimum absolute atomic E-state index is 0.0161. The molecule has 1 N–H and O–H groups in total. The van der Waals surface area contributed by atoms with Crippen molar-refractivity contribution in [2.24, 2.45) is 0 Å². The van der Waals surface area contributed by atoms with E-state index in [1.54, 1.807) is 0 Å². The van der Waals surface area contributed by atoms with Gasteiger partial charge < -0.3 is 10.0 Å². The monoisotopic (exact) mass is 362 g/mol. The summed E-state index contributed by atoms with van der Waals surface area (Å²) in [5.41, 5.74) is 3.60. The average molecular weight is 362 g/mol. The number of aliphatic hydroxyl groups is 1. The largest absolute Gasteiger partial charge is 0.394 e. The minimum atomic E-state index is -0.103. The van der Waals surface area contributed by atoms with Gasteiger partial charge in [0.05, 0.1) is 25.2 Å².